The molecule has 0 saturated carbocycles. The van der Waals surface area contributed by atoms with Crippen LogP contribution in [0, 0.1) is 0 Å². The molecule has 0 fully saturated rings. The highest BCUT2D eigenvalue weighted by atomic mass is 15.3. The van der Waals surface area contributed by atoms with Crippen molar-refractivity contribution in [3.8, 4) is 0 Å². The molecular formula is C13H24N4. The van der Waals surface area contributed by atoms with Gasteiger partial charge in [0, 0.05) is 25.2 Å². The second-order valence-corrected chi connectivity index (χ2v) is 4.01. The van der Waals surface area contributed by atoms with Crippen LogP contribution in [-0.2, 0) is 19.4 Å². The number of hydrogen-bond donors (Lipinski definition) is 1. The quantitative estimate of drug-likeness (QED) is 0.819. The third kappa shape index (κ3) is 2.75. The molecule has 96 valence electrons. The first-order valence-electron chi connectivity index (χ1n) is 6.55. The van der Waals surface area contributed by atoms with Gasteiger partial charge in [-0.25, -0.2) is 0 Å². The Morgan fingerprint density at radius 3 is 2.00 bits per heavy atom. The molecule has 4 nitrogen and oxygen atoms in total. The minimum absolute atomic E-state index is 0.539. The smallest absolute Gasteiger partial charge is 0.156 e. The zero-order valence-corrected chi connectivity index (χ0v) is 11.5. The molecule has 17 heavy (non-hydrogen) atoms. The Morgan fingerprint density at radius 1 is 0.941 bits per heavy atom. The van der Waals surface area contributed by atoms with Crippen molar-refractivity contribution < 1.29 is 0 Å². The largest absolute Gasteiger partial charge is 0.355 e. The molecule has 0 spiro atoms. The van der Waals surface area contributed by atoms with Crippen LogP contribution in [0.5, 0.6) is 0 Å². The van der Waals surface area contributed by atoms with Crippen LogP contribution in [-0.4, -0.2) is 23.3 Å². The summed E-state index contributed by atoms with van der Waals surface area (Å²) in [5.41, 5.74) is 9.44. The summed E-state index contributed by atoms with van der Waals surface area (Å²) in [7, 11) is 0. The summed E-state index contributed by atoms with van der Waals surface area (Å²) in [5, 5.41) is 8.71. The number of nitrogens with zero attached hydrogens (tertiary/aromatic N) is 3. The van der Waals surface area contributed by atoms with Gasteiger partial charge in [0.25, 0.3) is 0 Å². The van der Waals surface area contributed by atoms with Crippen LogP contribution < -0.4 is 10.6 Å². The van der Waals surface area contributed by atoms with Gasteiger partial charge in [0.15, 0.2) is 5.82 Å². The Labute approximate surface area is 104 Å². The monoisotopic (exact) mass is 236 g/mol. The molecule has 0 aliphatic rings. The zero-order chi connectivity index (χ0) is 12.8. The van der Waals surface area contributed by atoms with Crippen molar-refractivity contribution in [1.82, 2.24) is 10.2 Å². The van der Waals surface area contributed by atoms with Gasteiger partial charge in [0.05, 0.1) is 5.69 Å². The molecule has 0 bridgehead atoms. The van der Waals surface area contributed by atoms with Crippen molar-refractivity contribution in [2.45, 2.75) is 47.1 Å². The van der Waals surface area contributed by atoms with Crippen molar-refractivity contribution >= 4 is 5.82 Å². The lowest BCUT2D eigenvalue weighted by atomic mass is 10.0. The summed E-state index contributed by atoms with van der Waals surface area (Å²) < 4.78 is 0. The number of hydrogen-bond acceptors (Lipinski definition) is 4. The first-order valence-corrected chi connectivity index (χ1v) is 6.55. The molecule has 0 radical (unpaired) electrons. The van der Waals surface area contributed by atoms with E-state index in [1.54, 1.807) is 0 Å². The van der Waals surface area contributed by atoms with E-state index < -0.39 is 0 Å². The SMILES string of the molecule is CCc1nnc(N(CC)CC)c(CN)c1CC. The van der Waals surface area contributed by atoms with E-state index in [4.69, 9.17) is 5.73 Å². The van der Waals surface area contributed by atoms with Crippen LogP contribution >= 0.6 is 0 Å². The molecule has 2 N–H and O–H groups in total. The summed E-state index contributed by atoms with van der Waals surface area (Å²) >= 11 is 0. The maximum Gasteiger partial charge on any atom is 0.156 e. The van der Waals surface area contributed by atoms with E-state index in [9.17, 15) is 0 Å². The number of anilines is 1. The van der Waals surface area contributed by atoms with Crippen LogP contribution in [0.2, 0.25) is 0 Å². The topological polar surface area (TPSA) is 55.0 Å². The first-order chi connectivity index (χ1) is 8.23. The highest BCUT2D eigenvalue weighted by molar-refractivity contribution is 5.51. The van der Waals surface area contributed by atoms with E-state index in [-0.39, 0.29) is 0 Å². The number of nitrogens with two attached hydrogens (primary N) is 1. The molecule has 0 unspecified atom stereocenters. The minimum atomic E-state index is 0.539. The highest BCUT2D eigenvalue weighted by Gasteiger charge is 2.16. The van der Waals surface area contributed by atoms with Crippen molar-refractivity contribution in [3.05, 3.63) is 16.8 Å². The summed E-state index contributed by atoms with van der Waals surface area (Å²) in [5.74, 6) is 0.964. The zero-order valence-electron chi connectivity index (χ0n) is 11.5. The van der Waals surface area contributed by atoms with E-state index in [0.717, 1.165) is 37.4 Å². The Kier molecular flexibility index (Phi) is 5.35. The van der Waals surface area contributed by atoms with Crippen LogP contribution in [0.25, 0.3) is 0 Å². The molecule has 1 rings (SSSR count). The molecule has 0 amide bonds. The predicted octanol–water partition coefficient (Wildman–Crippen LogP) is 1.91. The fraction of sp³-hybridized carbons (Fsp3) is 0.692. The highest BCUT2D eigenvalue weighted by Crippen LogP contribution is 2.23. The van der Waals surface area contributed by atoms with Gasteiger partial charge >= 0.3 is 0 Å². The summed E-state index contributed by atoms with van der Waals surface area (Å²) in [6, 6.07) is 0. The van der Waals surface area contributed by atoms with Crippen molar-refractivity contribution in [2.75, 3.05) is 18.0 Å². The lowest BCUT2D eigenvalue weighted by molar-refractivity contribution is 0.775. The van der Waals surface area contributed by atoms with Gasteiger partial charge in [0.1, 0.15) is 0 Å². The normalized spacial score (nSPS) is 10.6. The van der Waals surface area contributed by atoms with Gasteiger partial charge in [-0.3, -0.25) is 0 Å². The van der Waals surface area contributed by atoms with Gasteiger partial charge in [0.2, 0.25) is 0 Å². The number of rotatable bonds is 6. The van der Waals surface area contributed by atoms with Crippen LogP contribution in [0.15, 0.2) is 0 Å². The standard InChI is InChI=1S/C13H24N4/c1-5-10-11(9-14)13(17(7-3)8-4)16-15-12(10)6-2/h5-9,14H2,1-4H3. The Bertz CT molecular complexity index is 359. The first kappa shape index (κ1) is 13.9. The molecule has 1 heterocycles. The summed E-state index contributed by atoms with van der Waals surface area (Å²) in [4.78, 5) is 2.22. The van der Waals surface area contributed by atoms with Gasteiger partial charge in [-0.15, -0.1) is 5.10 Å². The summed E-state index contributed by atoms with van der Waals surface area (Å²) in [6.45, 7) is 10.9. The maximum absolute atomic E-state index is 5.90. The van der Waals surface area contributed by atoms with E-state index >= 15 is 0 Å². The van der Waals surface area contributed by atoms with E-state index in [1.165, 1.54) is 11.1 Å². The van der Waals surface area contributed by atoms with E-state index in [0.29, 0.717) is 6.54 Å². The minimum Gasteiger partial charge on any atom is -0.355 e. The molecule has 1 aromatic heterocycles. The molecule has 0 aliphatic carbocycles. The molecular weight excluding hydrogens is 212 g/mol. The molecule has 0 aromatic carbocycles. The number of aryl methyl sites for hydroxylation is 1. The molecule has 0 aliphatic heterocycles. The Morgan fingerprint density at radius 2 is 1.59 bits per heavy atom. The molecule has 0 saturated heterocycles. The molecule has 4 heteroatoms. The van der Waals surface area contributed by atoms with Gasteiger partial charge in [-0.2, -0.15) is 5.10 Å². The van der Waals surface area contributed by atoms with E-state index in [1.807, 2.05) is 0 Å². The fourth-order valence-electron chi connectivity index (χ4n) is 2.23. The van der Waals surface area contributed by atoms with Crippen LogP contribution in [0.3, 0.4) is 0 Å². The van der Waals surface area contributed by atoms with Crippen molar-refractivity contribution in [2.24, 2.45) is 5.73 Å². The van der Waals surface area contributed by atoms with Crippen molar-refractivity contribution in [3.63, 3.8) is 0 Å². The van der Waals surface area contributed by atoms with Gasteiger partial charge < -0.3 is 10.6 Å². The van der Waals surface area contributed by atoms with Gasteiger partial charge in [-0.05, 0) is 32.3 Å². The predicted molar refractivity (Wildman–Crippen MR) is 72.2 cm³/mol. The summed E-state index contributed by atoms with van der Waals surface area (Å²) in [6.07, 6.45) is 1.89. The Hall–Kier alpha value is -1.16. The fourth-order valence-corrected chi connectivity index (χ4v) is 2.23. The third-order valence-corrected chi connectivity index (χ3v) is 3.20. The maximum atomic E-state index is 5.90. The van der Waals surface area contributed by atoms with E-state index in [2.05, 4.69) is 42.8 Å². The molecule has 1 aromatic rings. The van der Waals surface area contributed by atoms with Crippen LogP contribution in [0.4, 0.5) is 5.82 Å². The second kappa shape index (κ2) is 6.55. The number of aromatic nitrogens is 2. The second-order valence-electron chi connectivity index (χ2n) is 4.01. The Balaban J connectivity index is 3.31. The van der Waals surface area contributed by atoms with Crippen molar-refractivity contribution in [1.29, 1.82) is 0 Å². The molecule has 0 atom stereocenters. The third-order valence-electron chi connectivity index (χ3n) is 3.20. The van der Waals surface area contributed by atoms with Gasteiger partial charge in [-0.1, -0.05) is 13.8 Å². The average Bonchev–Trinajstić information content (AvgIpc) is 2.39. The lowest BCUT2D eigenvalue weighted by Crippen LogP contribution is -2.26. The lowest BCUT2D eigenvalue weighted by Gasteiger charge is -2.24. The average molecular weight is 236 g/mol. The van der Waals surface area contributed by atoms with Crippen LogP contribution in [0.1, 0.15) is 44.5 Å².